The standard InChI is InChI=1S/C31H47NO/c1-3-5-7-9-11-13-15-17-28-18-22-30(23-19-28)32-27-29-20-24-31(25-21-29)33-26-16-14-12-10-8-6-4-2/h18-25,27H,3-17,26H2,1-2H3. The molecule has 0 saturated carbocycles. The Hall–Kier alpha value is -2.09. The van der Waals surface area contributed by atoms with Gasteiger partial charge in [-0.15, -0.1) is 0 Å². The van der Waals surface area contributed by atoms with Crippen molar-refractivity contribution in [3.8, 4) is 5.75 Å². The van der Waals surface area contributed by atoms with Crippen LogP contribution < -0.4 is 4.74 Å². The van der Waals surface area contributed by atoms with Gasteiger partial charge < -0.3 is 4.74 Å². The Morgan fingerprint density at radius 3 is 1.76 bits per heavy atom. The summed E-state index contributed by atoms with van der Waals surface area (Å²) in [7, 11) is 0. The van der Waals surface area contributed by atoms with Crippen LogP contribution in [0.5, 0.6) is 5.75 Å². The van der Waals surface area contributed by atoms with Crippen LogP contribution in [-0.4, -0.2) is 12.8 Å². The van der Waals surface area contributed by atoms with E-state index in [-0.39, 0.29) is 0 Å². The van der Waals surface area contributed by atoms with Crippen molar-refractivity contribution in [2.24, 2.45) is 4.99 Å². The highest BCUT2D eigenvalue weighted by molar-refractivity contribution is 5.82. The van der Waals surface area contributed by atoms with Gasteiger partial charge in [0.1, 0.15) is 5.75 Å². The number of aryl methyl sites for hydroxylation is 1. The lowest BCUT2D eigenvalue weighted by Gasteiger charge is -2.06. The minimum atomic E-state index is 0.812. The fourth-order valence-corrected chi connectivity index (χ4v) is 4.08. The molecule has 0 N–H and O–H groups in total. The van der Waals surface area contributed by atoms with Gasteiger partial charge in [-0.3, -0.25) is 4.99 Å². The van der Waals surface area contributed by atoms with Crippen LogP contribution in [0, 0.1) is 0 Å². The predicted octanol–water partition coefficient (Wildman–Crippen LogP) is 9.86. The molecule has 0 heterocycles. The number of hydrogen-bond donors (Lipinski definition) is 0. The molecule has 182 valence electrons. The van der Waals surface area contributed by atoms with Crippen LogP contribution >= 0.6 is 0 Å². The number of nitrogens with zero attached hydrogens (tertiary/aromatic N) is 1. The summed E-state index contributed by atoms with van der Waals surface area (Å²) >= 11 is 0. The molecule has 0 saturated heterocycles. The largest absolute Gasteiger partial charge is 0.494 e. The van der Waals surface area contributed by atoms with E-state index in [9.17, 15) is 0 Å². The van der Waals surface area contributed by atoms with E-state index in [1.807, 2.05) is 18.3 Å². The molecule has 0 aliphatic heterocycles. The molecule has 33 heavy (non-hydrogen) atoms. The summed E-state index contributed by atoms with van der Waals surface area (Å²) in [6, 6.07) is 17.0. The Bertz CT molecular complexity index is 733. The highest BCUT2D eigenvalue weighted by Crippen LogP contribution is 2.17. The Morgan fingerprint density at radius 1 is 0.606 bits per heavy atom. The maximum atomic E-state index is 5.88. The molecule has 2 rings (SSSR count). The zero-order valence-corrected chi connectivity index (χ0v) is 21.4. The SMILES string of the molecule is CCCCCCCCCOc1ccc(C=Nc2ccc(CCCCCCCCC)cc2)cc1. The zero-order chi connectivity index (χ0) is 23.4. The van der Waals surface area contributed by atoms with Crippen LogP contribution in [-0.2, 0) is 6.42 Å². The minimum absolute atomic E-state index is 0.812. The fraction of sp³-hybridized carbons (Fsp3) is 0.581. The first kappa shape index (κ1) is 27.2. The Morgan fingerprint density at radius 2 is 1.15 bits per heavy atom. The fourth-order valence-electron chi connectivity index (χ4n) is 4.08. The van der Waals surface area contributed by atoms with Crippen LogP contribution in [0.4, 0.5) is 5.69 Å². The summed E-state index contributed by atoms with van der Waals surface area (Å²) < 4.78 is 5.88. The van der Waals surface area contributed by atoms with E-state index in [0.29, 0.717) is 0 Å². The second-order valence-corrected chi connectivity index (χ2v) is 9.33. The molecule has 0 aliphatic carbocycles. The molecule has 2 aromatic rings. The Balaban J connectivity index is 1.61. The molecule has 2 aromatic carbocycles. The van der Waals surface area contributed by atoms with Gasteiger partial charge in [-0.25, -0.2) is 0 Å². The molecule has 0 bridgehead atoms. The van der Waals surface area contributed by atoms with E-state index in [4.69, 9.17) is 4.74 Å². The third-order valence-corrected chi connectivity index (χ3v) is 6.26. The third kappa shape index (κ3) is 13.3. The van der Waals surface area contributed by atoms with Crippen LogP contribution in [0.15, 0.2) is 53.5 Å². The van der Waals surface area contributed by atoms with Crippen molar-refractivity contribution < 1.29 is 4.74 Å². The second kappa shape index (κ2) is 18.3. The average molecular weight is 450 g/mol. The zero-order valence-electron chi connectivity index (χ0n) is 21.4. The smallest absolute Gasteiger partial charge is 0.119 e. The van der Waals surface area contributed by atoms with Gasteiger partial charge in [0.15, 0.2) is 0 Å². The quantitative estimate of drug-likeness (QED) is 0.154. The maximum Gasteiger partial charge on any atom is 0.119 e. The molecule has 0 radical (unpaired) electrons. The molecule has 0 aliphatic rings. The van der Waals surface area contributed by atoms with Gasteiger partial charge in [-0.05, 0) is 66.8 Å². The van der Waals surface area contributed by atoms with Crippen molar-refractivity contribution in [3.05, 3.63) is 59.7 Å². The number of rotatable bonds is 19. The van der Waals surface area contributed by atoms with E-state index < -0.39 is 0 Å². The molecule has 0 fully saturated rings. The molecule has 0 spiro atoms. The van der Waals surface area contributed by atoms with Crippen molar-refractivity contribution in [1.29, 1.82) is 0 Å². The van der Waals surface area contributed by atoms with Crippen molar-refractivity contribution in [2.75, 3.05) is 6.61 Å². The van der Waals surface area contributed by atoms with Gasteiger partial charge in [-0.2, -0.15) is 0 Å². The van der Waals surface area contributed by atoms with E-state index in [0.717, 1.165) is 30.0 Å². The molecule has 2 nitrogen and oxygen atoms in total. The van der Waals surface area contributed by atoms with Gasteiger partial charge in [0.2, 0.25) is 0 Å². The predicted molar refractivity (Wildman–Crippen MR) is 145 cm³/mol. The van der Waals surface area contributed by atoms with Crippen molar-refractivity contribution in [1.82, 2.24) is 0 Å². The molecule has 2 heteroatoms. The van der Waals surface area contributed by atoms with Gasteiger partial charge in [0.05, 0.1) is 12.3 Å². The molecular formula is C31H47NO. The summed E-state index contributed by atoms with van der Waals surface area (Å²) in [5.41, 5.74) is 3.54. The van der Waals surface area contributed by atoms with Gasteiger partial charge >= 0.3 is 0 Å². The number of aliphatic imine (C=N–C) groups is 1. The maximum absolute atomic E-state index is 5.88. The monoisotopic (exact) mass is 449 g/mol. The number of unbranched alkanes of at least 4 members (excludes halogenated alkanes) is 12. The lowest BCUT2D eigenvalue weighted by molar-refractivity contribution is 0.304. The Kier molecular flexibility index (Phi) is 15.1. The first-order chi connectivity index (χ1) is 16.3. The second-order valence-electron chi connectivity index (χ2n) is 9.33. The molecular weight excluding hydrogens is 402 g/mol. The lowest BCUT2D eigenvalue weighted by atomic mass is 10.0. The first-order valence-electron chi connectivity index (χ1n) is 13.7. The molecule has 0 unspecified atom stereocenters. The van der Waals surface area contributed by atoms with Crippen molar-refractivity contribution in [3.63, 3.8) is 0 Å². The third-order valence-electron chi connectivity index (χ3n) is 6.26. The number of ether oxygens (including phenoxy) is 1. The Labute approximate surface area is 203 Å². The lowest BCUT2D eigenvalue weighted by Crippen LogP contribution is -1.97. The van der Waals surface area contributed by atoms with E-state index in [1.165, 1.54) is 95.5 Å². The molecule has 0 atom stereocenters. The van der Waals surface area contributed by atoms with Crippen LogP contribution in [0.3, 0.4) is 0 Å². The minimum Gasteiger partial charge on any atom is -0.494 e. The van der Waals surface area contributed by atoms with Gasteiger partial charge in [-0.1, -0.05) is 103 Å². The molecule has 0 aromatic heterocycles. The first-order valence-corrected chi connectivity index (χ1v) is 13.7. The number of benzene rings is 2. The van der Waals surface area contributed by atoms with E-state index in [2.05, 4.69) is 55.2 Å². The van der Waals surface area contributed by atoms with Gasteiger partial charge in [0, 0.05) is 6.21 Å². The summed E-state index contributed by atoms with van der Waals surface area (Å²) in [6.45, 7) is 5.35. The number of hydrogen-bond acceptors (Lipinski definition) is 2. The summed E-state index contributed by atoms with van der Waals surface area (Å²) in [6.07, 6.45) is 21.8. The van der Waals surface area contributed by atoms with E-state index >= 15 is 0 Å². The van der Waals surface area contributed by atoms with Crippen molar-refractivity contribution in [2.45, 2.75) is 110 Å². The topological polar surface area (TPSA) is 21.6 Å². The highest BCUT2D eigenvalue weighted by atomic mass is 16.5. The molecule has 0 amide bonds. The van der Waals surface area contributed by atoms with Crippen LogP contribution in [0.2, 0.25) is 0 Å². The van der Waals surface area contributed by atoms with Crippen LogP contribution in [0.1, 0.15) is 115 Å². The van der Waals surface area contributed by atoms with Crippen LogP contribution in [0.25, 0.3) is 0 Å². The van der Waals surface area contributed by atoms with Crippen molar-refractivity contribution >= 4 is 11.9 Å². The summed E-state index contributed by atoms with van der Waals surface area (Å²) in [5.74, 6) is 0.952. The highest BCUT2D eigenvalue weighted by Gasteiger charge is 1.98. The summed E-state index contributed by atoms with van der Waals surface area (Å²) in [5, 5.41) is 0. The van der Waals surface area contributed by atoms with E-state index in [1.54, 1.807) is 0 Å². The van der Waals surface area contributed by atoms with Gasteiger partial charge in [0.25, 0.3) is 0 Å². The normalized spacial score (nSPS) is 11.3. The average Bonchev–Trinajstić information content (AvgIpc) is 2.85. The summed E-state index contributed by atoms with van der Waals surface area (Å²) in [4.78, 5) is 4.64.